The largest absolute Gasteiger partial charge is 0.465 e. The number of likely N-dealkylation sites (tertiary alicyclic amines) is 2. The fraction of sp³-hybridized carbons (Fsp3) is 0.544. The molecule has 0 radical (unpaired) electrons. The number of methoxy groups -OCH3 is 1. The molecule has 0 aliphatic carbocycles. The summed E-state index contributed by atoms with van der Waals surface area (Å²) < 4.78 is 13.7. The summed E-state index contributed by atoms with van der Waals surface area (Å²) in [6.07, 6.45) is 4.67. The number of carbonyl (C=O) groups excluding carboxylic acids is 5. The van der Waals surface area contributed by atoms with E-state index in [1.807, 2.05) is 71.8 Å². The zero-order valence-electron chi connectivity index (χ0n) is 44.6. The van der Waals surface area contributed by atoms with Crippen molar-refractivity contribution < 1.29 is 33.4 Å². The summed E-state index contributed by atoms with van der Waals surface area (Å²) in [5.74, 6) is 4.19. The van der Waals surface area contributed by atoms with Crippen molar-refractivity contribution in [3.8, 4) is 34.2 Å². The molecule has 72 heavy (non-hydrogen) atoms. The van der Waals surface area contributed by atoms with Crippen LogP contribution in [0.2, 0.25) is 0 Å². The van der Waals surface area contributed by atoms with E-state index in [0.29, 0.717) is 39.0 Å². The van der Waals surface area contributed by atoms with Gasteiger partial charge in [-0.1, -0.05) is 63.9 Å². The van der Waals surface area contributed by atoms with Crippen LogP contribution >= 0.6 is 0 Å². The summed E-state index contributed by atoms with van der Waals surface area (Å²) >= 11 is 0. The molecule has 0 bridgehead atoms. The summed E-state index contributed by atoms with van der Waals surface area (Å²) in [7, 11) is 5.51. The topological polar surface area (TPSA) is 159 Å². The lowest BCUT2D eigenvalue weighted by molar-refractivity contribution is -0.155. The Morgan fingerprint density at radius 2 is 1.71 bits per heavy atom. The molecular weight excluding hydrogens is 909 g/mol. The van der Waals surface area contributed by atoms with Crippen molar-refractivity contribution in [3.05, 3.63) is 77.6 Å². The second kappa shape index (κ2) is 22.0. The lowest BCUT2D eigenvalue weighted by Gasteiger charge is -2.46. The number of aromatic nitrogens is 2. The molecule has 15 heteroatoms. The molecular formula is C57H76N8O7. The van der Waals surface area contributed by atoms with Crippen LogP contribution in [0.15, 0.2) is 60.8 Å². The zero-order valence-corrected chi connectivity index (χ0v) is 44.6. The van der Waals surface area contributed by atoms with Crippen LogP contribution < -0.4 is 10.7 Å². The van der Waals surface area contributed by atoms with E-state index < -0.39 is 28.5 Å². The Balaban J connectivity index is 1.18. The van der Waals surface area contributed by atoms with Crippen LogP contribution in [0.3, 0.4) is 0 Å². The van der Waals surface area contributed by atoms with E-state index in [4.69, 9.17) is 14.5 Å². The second-order valence-electron chi connectivity index (χ2n) is 21.9. The number of carbonyl (C=O) groups is 5. The molecule has 386 valence electrons. The molecule has 2 aromatic heterocycles. The van der Waals surface area contributed by atoms with Gasteiger partial charge in [0.15, 0.2) is 0 Å². The fourth-order valence-electron chi connectivity index (χ4n) is 10.4. The standard InChI is InChI=1S/C57H76N8O7/c1-13-63-47-22-21-42(32-44(47)45(33-55(6,7)36-72-39(5)66)51(63)43-20-17-26-58-49(43)38(4)71-12)41-19-16-18-40(30-41)31-46(53(69)65-28-15-14-27-59-65)60-52(68)50(37(2)3)64-29-25-57(54(64)70)34-62(35-57)48(67)23-24-56(8,9)61(10)11/h16-22,26,30,32,37-38,46,50,59H,13-15,25,27-29,31,33-36H2,1-12H3,(H,60,68). The number of rotatable bonds is 17. The lowest BCUT2D eigenvalue weighted by atomic mass is 9.78. The van der Waals surface area contributed by atoms with Gasteiger partial charge in [0, 0.05) is 87.8 Å². The zero-order chi connectivity index (χ0) is 52.3. The number of fused-ring (bicyclic) bond motifs is 1. The Hall–Kier alpha value is -6.08. The summed E-state index contributed by atoms with van der Waals surface area (Å²) in [5.41, 5.74) is 9.41. The van der Waals surface area contributed by atoms with Crippen LogP contribution in [0.5, 0.6) is 0 Å². The van der Waals surface area contributed by atoms with Gasteiger partial charge >= 0.3 is 5.97 Å². The third kappa shape index (κ3) is 11.4. The highest BCUT2D eigenvalue weighted by Crippen LogP contribution is 2.44. The number of benzene rings is 2. The molecule has 3 fully saturated rings. The minimum absolute atomic E-state index is 0.143. The van der Waals surface area contributed by atoms with Crippen LogP contribution in [0.25, 0.3) is 33.3 Å². The van der Waals surface area contributed by atoms with E-state index in [9.17, 15) is 24.0 Å². The third-order valence-corrected chi connectivity index (χ3v) is 15.0. The normalized spacial score (nSPS) is 17.2. The predicted molar refractivity (Wildman–Crippen MR) is 280 cm³/mol. The molecule has 2 N–H and O–H groups in total. The number of hydrogen-bond donors (Lipinski definition) is 2. The average Bonchev–Trinajstić information content (AvgIpc) is 3.84. The number of hydrogen-bond acceptors (Lipinski definition) is 10. The third-order valence-electron chi connectivity index (χ3n) is 15.0. The summed E-state index contributed by atoms with van der Waals surface area (Å²) in [6, 6.07) is 16.9. The van der Waals surface area contributed by atoms with Gasteiger partial charge in [-0.15, -0.1) is 0 Å². The Bertz CT molecular complexity index is 2740. The first-order chi connectivity index (χ1) is 34.1. The SMILES string of the molecule is CCn1c(-c2cccnc2C(C)OC)c(CC(C)(C)COC(C)=O)c2cc(-c3cccc(CC(NC(=O)C(C(C)C)N4CCC5(CN(C(=O)C#CC(C)(C)N(C)C)C5)C4=O)C(=O)N4CCCCN4)c3)ccc21. The van der Waals surface area contributed by atoms with Crippen LogP contribution in [-0.2, 0) is 52.8 Å². The minimum Gasteiger partial charge on any atom is -0.465 e. The number of nitrogens with zero attached hydrogens (tertiary/aromatic N) is 6. The smallest absolute Gasteiger partial charge is 0.302 e. The number of aryl methyl sites for hydroxylation is 1. The van der Waals surface area contributed by atoms with Crippen LogP contribution in [0, 0.1) is 28.6 Å². The molecule has 7 rings (SSSR count). The van der Waals surface area contributed by atoms with Crippen LogP contribution in [-0.4, -0.2) is 137 Å². The molecule has 3 saturated heterocycles. The van der Waals surface area contributed by atoms with E-state index in [1.165, 1.54) is 6.92 Å². The monoisotopic (exact) mass is 985 g/mol. The maximum atomic E-state index is 14.7. The first-order valence-corrected chi connectivity index (χ1v) is 25.6. The van der Waals surface area contributed by atoms with Gasteiger partial charge in [-0.05, 0) is 126 Å². The fourth-order valence-corrected chi connectivity index (χ4v) is 10.4. The van der Waals surface area contributed by atoms with E-state index >= 15 is 0 Å². The number of esters is 1. The highest BCUT2D eigenvalue weighted by atomic mass is 16.5. The van der Waals surface area contributed by atoms with Gasteiger partial charge in [-0.25, -0.2) is 5.43 Å². The van der Waals surface area contributed by atoms with E-state index in [1.54, 1.807) is 28.1 Å². The Labute approximate surface area is 426 Å². The lowest BCUT2D eigenvalue weighted by Crippen LogP contribution is -2.63. The number of hydrazine groups is 1. The maximum Gasteiger partial charge on any atom is 0.302 e. The van der Waals surface area contributed by atoms with Crippen molar-refractivity contribution in [2.24, 2.45) is 16.7 Å². The van der Waals surface area contributed by atoms with E-state index in [0.717, 1.165) is 62.9 Å². The summed E-state index contributed by atoms with van der Waals surface area (Å²) in [4.78, 5) is 78.6. The molecule has 5 heterocycles. The number of nitrogens with one attached hydrogen (secondary N) is 2. The van der Waals surface area contributed by atoms with Gasteiger partial charge < -0.3 is 29.2 Å². The Morgan fingerprint density at radius 1 is 0.972 bits per heavy atom. The van der Waals surface area contributed by atoms with Crippen molar-refractivity contribution in [2.45, 2.75) is 125 Å². The van der Waals surface area contributed by atoms with E-state index in [-0.39, 0.29) is 67.7 Å². The number of amides is 4. The molecule has 2 aromatic carbocycles. The van der Waals surface area contributed by atoms with Crippen molar-refractivity contribution >= 4 is 40.5 Å². The Kier molecular flexibility index (Phi) is 16.4. The van der Waals surface area contributed by atoms with Crippen LogP contribution in [0.4, 0.5) is 0 Å². The minimum atomic E-state index is -0.925. The van der Waals surface area contributed by atoms with Gasteiger partial charge in [0.1, 0.15) is 12.1 Å². The van der Waals surface area contributed by atoms with Crippen molar-refractivity contribution in [1.29, 1.82) is 0 Å². The predicted octanol–water partition coefficient (Wildman–Crippen LogP) is 6.81. The molecule has 3 aliphatic heterocycles. The van der Waals surface area contributed by atoms with Crippen molar-refractivity contribution in [2.75, 3.05) is 60.5 Å². The average molecular weight is 985 g/mol. The van der Waals surface area contributed by atoms with Gasteiger partial charge in [-0.2, -0.15) is 0 Å². The van der Waals surface area contributed by atoms with Crippen molar-refractivity contribution in [3.63, 3.8) is 0 Å². The van der Waals surface area contributed by atoms with Gasteiger partial charge in [-0.3, -0.25) is 38.9 Å². The quantitative estimate of drug-likeness (QED) is 0.0851. The molecule has 3 aliphatic rings. The summed E-state index contributed by atoms with van der Waals surface area (Å²) in [6.45, 7) is 20.5. The second-order valence-corrected chi connectivity index (χ2v) is 21.9. The number of pyridine rings is 1. The molecule has 0 saturated carbocycles. The van der Waals surface area contributed by atoms with Crippen molar-refractivity contribution in [1.82, 2.24) is 40.0 Å². The maximum absolute atomic E-state index is 14.7. The highest BCUT2D eigenvalue weighted by Gasteiger charge is 2.58. The molecule has 3 atom stereocenters. The first-order valence-electron chi connectivity index (χ1n) is 25.6. The van der Waals surface area contributed by atoms with Gasteiger partial charge in [0.25, 0.3) is 11.8 Å². The Morgan fingerprint density at radius 3 is 2.36 bits per heavy atom. The molecule has 4 aromatic rings. The molecule has 3 unspecified atom stereocenters. The summed E-state index contributed by atoms with van der Waals surface area (Å²) in [5, 5.41) is 5.84. The first kappa shape index (κ1) is 53.7. The van der Waals surface area contributed by atoms with Crippen LogP contribution in [0.1, 0.15) is 105 Å². The molecule has 15 nitrogen and oxygen atoms in total. The molecule has 4 amide bonds. The van der Waals surface area contributed by atoms with E-state index in [2.05, 4.69) is 84.3 Å². The highest BCUT2D eigenvalue weighted by molar-refractivity contribution is 5.99. The van der Waals surface area contributed by atoms with Gasteiger partial charge in [0.2, 0.25) is 11.8 Å². The number of ether oxygens (including phenoxy) is 2. The molecule has 1 spiro atoms. The van der Waals surface area contributed by atoms with Gasteiger partial charge in [0.05, 0.1) is 35.1 Å².